The number of carbonyl (C=O) groups excluding carboxylic acids is 2. The Hall–Kier alpha value is -2.62. The van der Waals surface area contributed by atoms with Gasteiger partial charge in [-0.1, -0.05) is 12.1 Å². The van der Waals surface area contributed by atoms with Crippen LogP contribution in [0.25, 0.3) is 10.8 Å². The van der Waals surface area contributed by atoms with E-state index >= 15 is 0 Å². The lowest BCUT2D eigenvalue weighted by molar-refractivity contribution is 0.0992. The largest absolute Gasteiger partial charge is 0.507 e. The number of allylic oxidation sites excluding steroid dienone is 2. The van der Waals surface area contributed by atoms with Gasteiger partial charge in [-0.25, -0.2) is 0 Å². The first kappa shape index (κ1) is 10.5. The molecule has 2 aromatic rings. The van der Waals surface area contributed by atoms with E-state index in [0.29, 0.717) is 10.8 Å². The van der Waals surface area contributed by atoms with Crippen LogP contribution < -0.4 is 0 Å². The van der Waals surface area contributed by atoms with Crippen LogP contribution >= 0.6 is 0 Å². The first-order chi connectivity index (χ1) is 8.59. The second kappa shape index (κ2) is 3.43. The zero-order valence-electron chi connectivity index (χ0n) is 9.18. The summed E-state index contributed by atoms with van der Waals surface area (Å²) in [6.07, 6.45) is 2.30. The number of rotatable bonds is 0. The van der Waals surface area contributed by atoms with E-state index in [1.54, 1.807) is 12.1 Å². The first-order valence-corrected chi connectivity index (χ1v) is 5.34. The molecule has 0 aromatic heterocycles. The molecule has 1 aliphatic rings. The Kier molecular flexibility index (Phi) is 2.01. The second-order valence-electron chi connectivity index (χ2n) is 4.08. The van der Waals surface area contributed by atoms with Crippen LogP contribution in [0.4, 0.5) is 0 Å². The molecule has 88 valence electrons. The molecule has 0 bridgehead atoms. The van der Waals surface area contributed by atoms with Gasteiger partial charge in [0.05, 0.1) is 5.56 Å². The molecule has 0 fully saturated rings. The smallest absolute Gasteiger partial charge is 0.190 e. The molecule has 0 radical (unpaired) electrons. The normalized spacial score (nSPS) is 14.0. The van der Waals surface area contributed by atoms with Gasteiger partial charge in [-0.3, -0.25) is 9.59 Å². The summed E-state index contributed by atoms with van der Waals surface area (Å²) in [4.78, 5) is 23.4. The summed E-state index contributed by atoms with van der Waals surface area (Å²) in [6.45, 7) is 0. The van der Waals surface area contributed by atoms with Crippen molar-refractivity contribution in [2.45, 2.75) is 0 Å². The molecular formula is C14H8O4. The zero-order chi connectivity index (χ0) is 12.9. The van der Waals surface area contributed by atoms with Crippen LogP contribution in [0.1, 0.15) is 20.7 Å². The highest BCUT2D eigenvalue weighted by Crippen LogP contribution is 2.37. The lowest BCUT2D eigenvalue weighted by Gasteiger charge is -2.13. The van der Waals surface area contributed by atoms with Crippen molar-refractivity contribution in [3.63, 3.8) is 0 Å². The predicted molar refractivity (Wildman–Crippen MR) is 65.1 cm³/mol. The molecule has 18 heavy (non-hydrogen) atoms. The van der Waals surface area contributed by atoms with Gasteiger partial charge in [-0.05, 0) is 24.3 Å². The van der Waals surface area contributed by atoms with Crippen molar-refractivity contribution in [3.8, 4) is 11.5 Å². The molecule has 2 aromatic carbocycles. The molecule has 4 heteroatoms. The van der Waals surface area contributed by atoms with E-state index < -0.39 is 5.78 Å². The number of fused-ring (bicyclic) bond motifs is 2. The molecule has 1 aliphatic carbocycles. The summed E-state index contributed by atoms with van der Waals surface area (Å²) in [6, 6.07) is 6.04. The van der Waals surface area contributed by atoms with Crippen LogP contribution in [0.15, 0.2) is 36.4 Å². The Morgan fingerprint density at radius 1 is 0.889 bits per heavy atom. The van der Waals surface area contributed by atoms with Gasteiger partial charge in [0.25, 0.3) is 0 Å². The maximum absolute atomic E-state index is 11.7. The number of benzene rings is 2. The van der Waals surface area contributed by atoms with E-state index in [0.717, 1.165) is 12.2 Å². The highest BCUT2D eigenvalue weighted by molar-refractivity contribution is 6.25. The topological polar surface area (TPSA) is 74.6 Å². The summed E-state index contributed by atoms with van der Waals surface area (Å²) in [5.41, 5.74) is 0.120. The predicted octanol–water partition coefficient (Wildman–Crippen LogP) is 2.19. The Bertz CT molecular complexity index is 741. The first-order valence-electron chi connectivity index (χ1n) is 5.34. The van der Waals surface area contributed by atoms with Crippen LogP contribution in [-0.4, -0.2) is 21.8 Å². The number of ketones is 2. The van der Waals surface area contributed by atoms with Crippen molar-refractivity contribution >= 4 is 22.3 Å². The van der Waals surface area contributed by atoms with Crippen molar-refractivity contribution < 1.29 is 19.8 Å². The number of hydrogen-bond acceptors (Lipinski definition) is 4. The minimum absolute atomic E-state index is 0.000556. The summed E-state index contributed by atoms with van der Waals surface area (Å²) in [5, 5.41) is 20.5. The van der Waals surface area contributed by atoms with E-state index in [-0.39, 0.29) is 28.4 Å². The molecule has 0 saturated carbocycles. The van der Waals surface area contributed by atoms with Crippen molar-refractivity contribution in [3.05, 3.63) is 47.5 Å². The molecule has 0 aliphatic heterocycles. The van der Waals surface area contributed by atoms with E-state index in [9.17, 15) is 19.8 Å². The standard InChI is InChI=1S/C14H8O4/c15-10-3-1-2-7-8(10)6-9-11(16)4-5-12(17)13(9)14(7)18/h1-6,15,18H. The molecule has 0 atom stereocenters. The highest BCUT2D eigenvalue weighted by Gasteiger charge is 2.25. The summed E-state index contributed by atoms with van der Waals surface area (Å²) < 4.78 is 0. The third kappa shape index (κ3) is 1.26. The number of carbonyl (C=O) groups is 2. The molecule has 0 unspecified atom stereocenters. The van der Waals surface area contributed by atoms with Crippen molar-refractivity contribution in [1.82, 2.24) is 0 Å². The van der Waals surface area contributed by atoms with Gasteiger partial charge in [0.2, 0.25) is 0 Å². The molecular weight excluding hydrogens is 232 g/mol. The van der Waals surface area contributed by atoms with Gasteiger partial charge < -0.3 is 10.2 Å². The van der Waals surface area contributed by atoms with Gasteiger partial charge in [0.1, 0.15) is 11.5 Å². The zero-order valence-corrected chi connectivity index (χ0v) is 9.18. The van der Waals surface area contributed by atoms with Gasteiger partial charge in [0, 0.05) is 16.3 Å². The van der Waals surface area contributed by atoms with Crippen molar-refractivity contribution in [2.75, 3.05) is 0 Å². The van der Waals surface area contributed by atoms with Crippen LogP contribution in [0.2, 0.25) is 0 Å². The minimum atomic E-state index is -0.410. The van der Waals surface area contributed by atoms with Gasteiger partial charge >= 0.3 is 0 Å². The molecule has 0 heterocycles. The summed E-state index contributed by atoms with van der Waals surface area (Å²) in [5.74, 6) is -1.07. The van der Waals surface area contributed by atoms with E-state index in [2.05, 4.69) is 0 Å². The highest BCUT2D eigenvalue weighted by atomic mass is 16.3. The monoisotopic (exact) mass is 240 g/mol. The fourth-order valence-corrected chi connectivity index (χ4v) is 2.16. The van der Waals surface area contributed by atoms with E-state index in [1.807, 2.05) is 0 Å². The number of phenolic OH excluding ortho intramolecular Hbond substituents is 2. The molecule has 0 saturated heterocycles. The van der Waals surface area contributed by atoms with Crippen molar-refractivity contribution in [1.29, 1.82) is 0 Å². The summed E-state index contributed by atoms with van der Waals surface area (Å²) in [7, 11) is 0. The maximum Gasteiger partial charge on any atom is 0.190 e. The fourth-order valence-electron chi connectivity index (χ4n) is 2.16. The minimum Gasteiger partial charge on any atom is -0.507 e. The third-order valence-electron chi connectivity index (χ3n) is 3.03. The lowest BCUT2D eigenvalue weighted by atomic mass is 9.90. The Labute approximate surface area is 102 Å². The average Bonchev–Trinajstić information content (AvgIpc) is 2.35. The molecule has 4 nitrogen and oxygen atoms in total. The van der Waals surface area contributed by atoms with Gasteiger partial charge in [-0.2, -0.15) is 0 Å². The van der Waals surface area contributed by atoms with Gasteiger partial charge in [-0.15, -0.1) is 0 Å². The second-order valence-corrected chi connectivity index (χ2v) is 4.08. The number of aromatic hydroxyl groups is 2. The Morgan fingerprint density at radius 3 is 2.39 bits per heavy atom. The molecule has 2 N–H and O–H groups in total. The van der Waals surface area contributed by atoms with E-state index in [1.165, 1.54) is 12.1 Å². The van der Waals surface area contributed by atoms with Crippen molar-refractivity contribution in [2.24, 2.45) is 0 Å². The van der Waals surface area contributed by atoms with Gasteiger partial charge in [0.15, 0.2) is 11.6 Å². The summed E-state index contributed by atoms with van der Waals surface area (Å²) >= 11 is 0. The average molecular weight is 240 g/mol. The van der Waals surface area contributed by atoms with Crippen LogP contribution in [0.5, 0.6) is 11.5 Å². The number of hydrogen-bond donors (Lipinski definition) is 2. The Balaban J connectivity index is 2.51. The molecule has 0 spiro atoms. The Morgan fingerprint density at radius 2 is 1.61 bits per heavy atom. The van der Waals surface area contributed by atoms with Crippen LogP contribution in [-0.2, 0) is 0 Å². The molecule has 3 rings (SSSR count). The quantitative estimate of drug-likeness (QED) is 0.740. The lowest BCUT2D eigenvalue weighted by Crippen LogP contribution is -2.11. The molecule has 0 amide bonds. The van der Waals surface area contributed by atoms with Crippen LogP contribution in [0.3, 0.4) is 0 Å². The van der Waals surface area contributed by atoms with Crippen LogP contribution in [0, 0.1) is 0 Å². The van der Waals surface area contributed by atoms with E-state index in [4.69, 9.17) is 0 Å². The maximum atomic E-state index is 11.7. The SMILES string of the molecule is O=C1C=CC(=O)c2c1cc1c(O)cccc1c2O. The third-order valence-corrected chi connectivity index (χ3v) is 3.03. The fraction of sp³-hybridized carbons (Fsp3) is 0. The number of phenols is 2.